The van der Waals surface area contributed by atoms with Crippen LogP contribution in [0.1, 0.15) is 69.7 Å². The molecule has 238 valence electrons. The molecule has 0 aliphatic rings. The van der Waals surface area contributed by atoms with E-state index in [4.69, 9.17) is 0 Å². The number of anilines is 1. The maximum atomic E-state index is 4.14. The summed E-state index contributed by atoms with van der Waals surface area (Å²) in [5.41, 5.74) is 11.5. The van der Waals surface area contributed by atoms with Gasteiger partial charge in [-0.25, -0.2) is 0 Å². The van der Waals surface area contributed by atoms with Gasteiger partial charge in [-0.2, -0.15) is 0 Å². The van der Waals surface area contributed by atoms with Crippen molar-refractivity contribution in [2.45, 2.75) is 60.3 Å². The van der Waals surface area contributed by atoms with Crippen molar-refractivity contribution in [1.82, 2.24) is 0 Å². The number of hydrogen-bond acceptors (Lipinski definition) is 1. The van der Waals surface area contributed by atoms with E-state index in [0.29, 0.717) is 0 Å². The van der Waals surface area contributed by atoms with E-state index < -0.39 is 0 Å². The number of hydrogen-bond donors (Lipinski definition) is 1. The summed E-state index contributed by atoms with van der Waals surface area (Å²) < 4.78 is 0. The van der Waals surface area contributed by atoms with Crippen LogP contribution >= 0.6 is 0 Å². The molecule has 1 nitrogen and oxygen atoms in total. The van der Waals surface area contributed by atoms with E-state index in [1.807, 2.05) is 37.3 Å². The van der Waals surface area contributed by atoms with Gasteiger partial charge in [-0.1, -0.05) is 148 Å². The molecule has 0 aliphatic heterocycles. The number of benzene rings is 2. The molecular formula is C45H53N. The highest BCUT2D eigenvalue weighted by atomic mass is 14.9. The molecule has 0 aliphatic carbocycles. The second kappa shape index (κ2) is 21.8. The van der Waals surface area contributed by atoms with Crippen molar-refractivity contribution in [3.05, 3.63) is 199 Å². The lowest BCUT2D eigenvalue weighted by molar-refractivity contribution is 1.00. The quantitative estimate of drug-likeness (QED) is 0.166. The largest absolute Gasteiger partial charge is 0.356 e. The topological polar surface area (TPSA) is 12.0 Å². The van der Waals surface area contributed by atoms with E-state index in [1.165, 1.54) is 27.8 Å². The fourth-order valence-corrected chi connectivity index (χ4v) is 5.03. The van der Waals surface area contributed by atoms with Gasteiger partial charge in [-0.15, -0.1) is 0 Å². The Morgan fingerprint density at radius 1 is 0.761 bits per heavy atom. The lowest BCUT2D eigenvalue weighted by Gasteiger charge is -2.18. The van der Waals surface area contributed by atoms with Gasteiger partial charge in [0.05, 0.1) is 0 Å². The maximum Gasteiger partial charge on any atom is 0.0384 e. The molecule has 2 aromatic rings. The van der Waals surface area contributed by atoms with Crippen LogP contribution in [-0.4, -0.2) is 0 Å². The SMILES string of the molecule is C=C/C=C\C=C(/C)c1cc(C/C=C\C(=C/C)Nc2ccc(CC/C=C\C=C/CC)cc2)ccc1C(=C/C)/C(C=C)=C(C=C)/C=C\C. The number of rotatable bonds is 18. The Labute approximate surface area is 280 Å². The van der Waals surface area contributed by atoms with Gasteiger partial charge in [-0.05, 0) is 116 Å². The van der Waals surface area contributed by atoms with Crippen molar-refractivity contribution < 1.29 is 0 Å². The summed E-state index contributed by atoms with van der Waals surface area (Å²) >= 11 is 0. The Balaban J connectivity index is 2.29. The fraction of sp³-hybridized carbons (Fsp3) is 0.200. The molecule has 0 radical (unpaired) electrons. The molecule has 0 spiro atoms. The first-order valence-corrected chi connectivity index (χ1v) is 16.3. The highest BCUT2D eigenvalue weighted by Crippen LogP contribution is 2.34. The molecule has 0 saturated carbocycles. The third-order valence-electron chi connectivity index (χ3n) is 7.48. The Morgan fingerprint density at radius 2 is 1.50 bits per heavy atom. The summed E-state index contributed by atoms with van der Waals surface area (Å²) in [6.45, 7) is 22.5. The molecule has 2 aromatic carbocycles. The van der Waals surface area contributed by atoms with E-state index in [1.54, 1.807) is 6.08 Å². The predicted octanol–water partition coefficient (Wildman–Crippen LogP) is 13.0. The van der Waals surface area contributed by atoms with Crippen molar-refractivity contribution in [2.75, 3.05) is 5.32 Å². The molecule has 0 bridgehead atoms. The predicted molar refractivity (Wildman–Crippen MR) is 209 cm³/mol. The summed E-state index contributed by atoms with van der Waals surface area (Å²) in [6, 6.07) is 15.5. The monoisotopic (exact) mass is 607 g/mol. The van der Waals surface area contributed by atoms with Crippen LogP contribution in [0.15, 0.2) is 176 Å². The summed E-state index contributed by atoms with van der Waals surface area (Å²) in [4.78, 5) is 0. The molecule has 1 N–H and O–H groups in total. The Hall–Kier alpha value is -4.88. The zero-order valence-electron chi connectivity index (χ0n) is 28.7. The molecule has 0 amide bonds. The van der Waals surface area contributed by atoms with Gasteiger partial charge in [-0.3, -0.25) is 0 Å². The number of aryl methyl sites for hydroxylation is 1. The molecule has 1 heteroatoms. The van der Waals surface area contributed by atoms with E-state index in [0.717, 1.165) is 53.8 Å². The summed E-state index contributed by atoms with van der Waals surface area (Å²) in [7, 11) is 0. The highest BCUT2D eigenvalue weighted by molar-refractivity contribution is 5.89. The van der Waals surface area contributed by atoms with Gasteiger partial charge in [0, 0.05) is 11.4 Å². The first-order chi connectivity index (χ1) is 22.5. The van der Waals surface area contributed by atoms with Gasteiger partial charge in [0.15, 0.2) is 0 Å². The van der Waals surface area contributed by atoms with E-state index >= 15 is 0 Å². The van der Waals surface area contributed by atoms with Gasteiger partial charge < -0.3 is 5.32 Å². The van der Waals surface area contributed by atoms with Crippen molar-refractivity contribution in [1.29, 1.82) is 0 Å². The average molecular weight is 608 g/mol. The van der Waals surface area contributed by atoms with Crippen molar-refractivity contribution in [3.63, 3.8) is 0 Å². The first kappa shape index (κ1) is 37.3. The average Bonchev–Trinajstić information content (AvgIpc) is 3.08. The van der Waals surface area contributed by atoms with Crippen molar-refractivity contribution >= 4 is 16.8 Å². The third kappa shape index (κ3) is 12.3. The first-order valence-electron chi connectivity index (χ1n) is 16.3. The Morgan fingerprint density at radius 3 is 2.13 bits per heavy atom. The van der Waals surface area contributed by atoms with Crippen LogP contribution in [0, 0.1) is 0 Å². The summed E-state index contributed by atoms with van der Waals surface area (Å²) in [6.07, 6.45) is 37.1. The molecule has 0 atom stereocenters. The maximum absolute atomic E-state index is 4.14. The van der Waals surface area contributed by atoms with Crippen LogP contribution in [0.4, 0.5) is 5.69 Å². The molecule has 2 rings (SSSR count). The fourth-order valence-electron chi connectivity index (χ4n) is 5.03. The molecule has 46 heavy (non-hydrogen) atoms. The van der Waals surface area contributed by atoms with Crippen LogP contribution in [0.25, 0.3) is 11.1 Å². The Bertz CT molecular complexity index is 1570. The van der Waals surface area contributed by atoms with Gasteiger partial charge >= 0.3 is 0 Å². The van der Waals surface area contributed by atoms with Crippen molar-refractivity contribution in [2.24, 2.45) is 0 Å². The second-order valence-electron chi connectivity index (χ2n) is 10.8. The number of allylic oxidation sites excluding steroid dienone is 20. The second-order valence-corrected chi connectivity index (χ2v) is 10.8. The molecular weight excluding hydrogens is 555 g/mol. The van der Waals surface area contributed by atoms with E-state index in [2.05, 4.69) is 156 Å². The normalized spacial score (nSPS) is 13.8. The molecule has 0 fully saturated rings. The van der Waals surface area contributed by atoms with Crippen LogP contribution in [0.2, 0.25) is 0 Å². The lowest BCUT2D eigenvalue weighted by atomic mass is 9.86. The molecule has 0 aromatic heterocycles. The standard InChI is InChI=1S/C45H53N/c1-9-16-18-19-20-22-26-37-29-32-41(33-30-37)46-40(13-5)28-23-27-38-31-34-44(45(35-38)36(8)25-21-17-10-2)43(15-7)42(14-6)39(12-4)24-11-3/h10-21,23-25,28-35,46H,2,4,6,9,22,26-27H2,1,3,5,7-8H3/b18-16-,20-19-,21-17-,24-11-,28-23-,36-25+,40-13+,42-39+,43-15+. The summed E-state index contributed by atoms with van der Waals surface area (Å²) in [5, 5.41) is 3.56. The van der Waals surface area contributed by atoms with Crippen LogP contribution < -0.4 is 5.32 Å². The minimum atomic E-state index is 0.813. The summed E-state index contributed by atoms with van der Waals surface area (Å²) in [5.74, 6) is 0. The minimum absolute atomic E-state index is 0.813. The Kier molecular flexibility index (Phi) is 17.6. The zero-order chi connectivity index (χ0) is 33.6. The highest BCUT2D eigenvalue weighted by Gasteiger charge is 2.14. The molecule has 0 heterocycles. The third-order valence-corrected chi connectivity index (χ3v) is 7.48. The zero-order valence-corrected chi connectivity index (χ0v) is 28.7. The lowest BCUT2D eigenvalue weighted by Crippen LogP contribution is -1.99. The number of nitrogens with one attached hydrogen (secondary N) is 1. The smallest absolute Gasteiger partial charge is 0.0384 e. The van der Waals surface area contributed by atoms with Gasteiger partial charge in [0.25, 0.3) is 0 Å². The van der Waals surface area contributed by atoms with Gasteiger partial charge in [0.1, 0.15) is 0 Å². The van der Waals surface area contributed by atoms with Crippen LogP contribution in [0.5, 0.6) is 0 Å². The minimum Gasteiger partial charge on any atom is -0.356 e. The van der Waals surface area contributed by atoms with Crippen molar-refractivity contribution in [3.8, 4) is 0 Å². The van der Waals surface area contributed by atoms with Gasteiger partial charge in [0.2, 0.25) is 0 Å². The van der Waals surface area contributed by atoms with Crippen LogP contribution in [0.3, 0.4) is 0 Å². The van der Waals surface area contributed by atoms with E-state index in [9.17, 15) is 0 Å². The van der Waals surface area contributed by atoms with Crippen LogP contribution in [-0.2, 0) is 12.8 Å². The molecule has 0 unspecified atom stereocenters. The van der Waals surface area contributed by atoms with E-state index in [-0.39, 0.29) is 0 Å². The molecule has 0 saturated heterocycles.